The number of aldehydes is 1. The largest absolute Gasteiger partial charge is 0.481 e. The first-order valence-electron chi connectivity index (χ1n) is 13.4. The number of carbonyl (C=O) groups excluding carboxylic acids is 1. The van der Waals surface area contributed by atoms with Crippen LogP contribution in [0.25, 0.3) is 16.6 Å². The maximum atomic E-state index is 14.8. The first-order valence-corrected chi connectivity index (χ1v) is 14.1. The molecule has 218 valence electrons. The van der Waals surface area contributed by atoms with Gasteiger partial charge >= 0.3 is 5.97 Å². The Hall–Kier alpha value is -4.74. The van der Waals surface area contributed by atoms with Gasteiger partial charge in [0.05, 0.1) is 21.9 Å². The normalized spacial score (nSPS) is 13.2. The fraction of sp³-hybridized carbons (Fsp3) is 0.156. The van der Waals surface area contributed by atoms with Crippen molar-refractivity contribution in [2.45, 2.75) is 13.0 Å². The molecule has 6 rings (SSSR count). The molecule has 43 heavy (non-hydrogen) atoms. The Morgan fingerprint density at radius 1 is 1.02 bits per heavy atom. The molecule has 0 atom stereocenters. The van der Waals surface area contributed by atoms with E-state index >= 15 is 0 Å². The van der Waals surface area contributed by atoms with E-state index in [-0.39, 0.29) is 23.0 Å². The number of carboxylic acids is 1. The molecule has 0 aliphatic carbocycles. The predicted molar refractivity (Wildman–Crippen MR) is 163 cm³/mol. The van der Waals surface area contributed by atoms with E-state index in [1.807, 2.05) is 41.4 Å². The van der Waals surface area contributed by atoms with E-state index in [1.54, 1.807) is 10.7 Å². The molecule has 0 unspecified atom stereocenters. The number of fused-ring (bicyclic) bond motifs is 1. The number of hydrogen-bond donors (Lipinski definition) is 1. The molecule has 1 aliphatic rings. The predicted octanol–water partition coefficient (Wildman–Crippen LogP) is 6.44. The van der Waals surface area contributed by atoms with Crippen LogP contribution in [0.4, 0.5) is 10.1 Å². The number of benzene rings is 4. The molecule has 4 aromatic carbocycles. The Morgan fingerprint density at radius 3 is 2.44 bits per heavy atom. The van der Waals surface area contributed by atoms with Gasteiger partial charge in [-0.2, -0.15) is 5.10 Å². The van der Waals surface area contributed by atoms with Crippen LogP contribution < -0.4 is 0 Å². The number of nitro benzene ring substituents is 1. The van der Waals surface area contributed by atoms with Gasteiger partial charge in [0.1, 0.15) is 11.5 Å². The fourth-order valence-corrected chi connectivity index (χ4v) is 5.25. The van der Waals surface area contributed by atoms with Crippen molar-refractivity contribution >= 4 is 44.8 Å². The summed E-state index contributed by atoms with van der Waals surface area (Å²) in [5, 5.41) is 24.8. The highest BCUT2D eigenvalue weighted by Gasteiger charge is 2.32. The topological polar surface area (TPSA) is 119 Å². The molecule has 1 saturated heterocycles. The second-order valence-electron chi connectivity index (χ2n) is 10.2. The smallest absolute Gasteiger partial charge is 0.309 e. The van der Waals surface area contributed by atoms with Crippen molar-refractivity contribution in [3.8, 4) is 5.69 Å². The van der Waals surface area contributed by atoms with Crippen LogP contribution in [0.5, 0.6) is 0 Å². The lowest BCUT2D eigenvalue weighted by atomic mass is 9.99. The van der Waals surface area contributed by atoms with Crippen LogP contribution in [0.2, 0.25) is 0 Å². The quantitative estimate of drug-likeness (QED) is 0.117. The third-order valence-corrected chi connectivity index (χ3v) is 7.60. The monoisotopic (exact) mass is 644 g/mol. The van der Waals surface area contributed by atoms with E-state index < -0.39 is 10.9 Å². The minimum atomic E-state index is -0.768. The number of aliphatic carboxylic acids is 1. The molecule has 0 bridgehead atoms. The zero-order valence-corrected chi connectivity index (χ0v) is 24.4. The van der Waals surface area contributed by atoms with Gasteiger partial charge in [-0.3, -0.25) is 24.6 Å². The van der Waals surface area contributed by atoms with E-state index in [9.17, 15) is 24.1 Å². The summed E-state index contributed by atoms with van der Waals surface area (Å²) >= 11 is 3.10. The van der Waals surface area contributed by atoms with Crippen molar-refractivity contribution in [1.82, 2.24) is 14.7 Å². The molecular weight excluding hydrogens is 619 g/mol. The Bertz CT molecular complexity index is 1800. The van der Waals surface area contributed by atoms with Gasteiger partial charge in [0, 0.05) is 41.8 Å². The van der Waals surface area contributed by atoms with Crippen LogP contribution in [-0.2, 0) is 17.8 Å². The lowest BCUT2D eigenvalue weighted by molar-refractivity contribution is -0.385. The van der Waals surface area contributed by atoms with Crippen LogP contribution in [0.15, 0.2) is 95.6 Å². The molecule has 5 aromatic rings. The summed E-state index contributed by atoms with van der Waals surface area (Å²) in [4.78, 5) is 33.0. The molecule has 0 amide bonds. The molecular formula is C32H26BrFN4O5. The molecule has 2 heterocycles. The summed E-state index contributed by atoms with van der Waals surface area (Å²) in [6.07, 6.45) is 3.15. The van der Waals surface area contributed by atoms with Gasteiger partial charge in [-0.1, -0.05) is 58.4 Å². The average Bonchev–Trinajstić information content (AvgIpc) is 3.38. The lowest BCUT2D eigenvalue weighted by Gasteiger charge is -2.36. The summed E-state index contributed by atoms with van der Waals surface area (Å²) in [7, 11) is 0. The van der Waals surface area contributed by atoms with Crippen molar-refractivity contribution in [1.29, 1.82) is 0 Å². The van der Waals surface area contributed by atoms with Crippen LogP contribution in [0.1, 0.15) is 27.0 Å². The highest BCUT2D eigenvalue weighted by atomic mass is 79.9. The highest BCUT2D eigenvalue weighted by Crippen LogP contribution is 2.24. The van der Waals surface area contributed by atoms with Crippen molar-refractivity contribution in [3.05, 3.63) is 134 Å². The Morgan fingerprint density at radius 2 is 1.77 bits per heavy atom. The van der Waals surface area contributed by atoms with Crippen molar-refractivity contribution in [3.63, 3.8) is 0 Å². The SMILES string of the molecule is O=C(O)C1CN(Cc2ccc(-n3cc4cc(Cc5ccccc5)ccc4n3)c(F)c2)C1.O=Cc1cc(Br)ccc1[N+](=O)[O-]. The summed E-state index contributed by atoms with van der Waals surface area (Å²) in [5.41, 5.74) is 4.38. The number of nitro groups is 1. The number of hydrogen-bond acceptors (Lipinski definition) is 6. The van der Waals surface area contributed by atoms with Crippen LogP contribution in [0.3, 0.4) is 0 Å². The van der Waals surface area contributed by atoms with Crippen molar-refractivity contribution in [2.24, 2.45) is 5.92 Å². The number of nitrogens with zero attached hydrogens (tertiary/aromatic N) is 4. The lowest BCUT2D eigenvalue weighted by Crippen LogP contribution is -2.49. The third kappa shape index (κ3) is 7.19. The maximum Gasteiger partial charge on any atom is 0.309 e. The van der Waals surface area contributed by atoms with Gasteiger partial charge in [0.2, 0.25) is 0 Å². The summed E-state index contributed by atoms with van der Waals surface area (Å²) in [6, 6.07) is 25.7. The first-order chi connectivity index (χ1) is 20.7. The minimum Gasteiger partial charge on any atom is -0.481 e. The molecule has 1 N–H and O–H groups in total. The molecule has 1 aliphatic heterocycles. The van der Waals surface area contributed by atoms with E-state index in [2.05, 4.69) is 45.3 Å². The number of carbonyl (C=O) groups is 2. The standard InChI is InChI=1S/C25H22FN3O2.C7H4BrNO3/c26-22-12-19(13-28-14-21(15-28)25(30)31)7-9-24(22)29-16-20-11-18(6-8-23(20)27-29)10-17-4-2-1-3-5-17;8-6-1-2-7(9(11)12)5(3-6)4-10/h1-9,11-12,16,21H,10,13-15H2,(H,30,31);1-4H. The second kappa shape index (κ2) is 13.1. The first kappa shape index (κ1) is 29.7. The second-order valence-corrected chi connectivity index (χ2v) is 11.1. The molecule has 0 spiro atoms. The molecule has 1 aromatic heterocycles. The third-order valence-electron chi connectivity index (χ3n) is 7.10. The Labute approximate surface area is 254 Å². The van der Waals surface area contributed by atoms with Crippen LogP contribution in [0, 0.1) is 21.8 Å². The van der Waals surface area contributed by atoms with E-state index in [0.29, 0.717) is 36.1 Å². The maximum absolute atomic E-state index is 14.8. The molecule has 0 radical (unpaired) electrons. The van der Waals surface area contributed by atoms with Crippen molar-refractivity contribution in [2.75, 3.05) is 13.1 Å². The Balaban J connectivity index is 0.000000259. The number of aromatic nitrogens is 2. The number of rotatable bonds is 8. The van der Waals surface area contributed by atoms with Gasteiger partial charge in [0.25, 0.3) is 5.69 Å². The summed E-state index contributed by atoms with van der Waals surface area (Å²) in [6.45, 7) is 1.56. The molecule has 1 fully saturated rings. The zero-order valence-electron chi connectivity index (χ0n) is 22.8. The van der Waals surface area contributed by atoms with Gasteiger partial charge in [-0.15, -0.1) is 0 Å². The van der Waals surface area contributed by atoms with E-state index in [0.717, 1.165) is 22.9 Å². The van der Waals surface area contributed by atoms with Gasteiger partial charge in [-0.25, -0.2) is 9.07 Å². The molecule has 0 saturated carbocycles. The van der Waals surface area contributed by atoms with E-state index in [1.165, 1.54) is 35.4 Å². The summed E-state index contributed by atoms with van der Waals surface area (Å²) < 4.78 is 17.1. The van der Waals surface area contributed by atoms with Gasteiger partial charge < -0.3 is 5.11 Å². The number of likely N-dealkylation sites (tertiary alicyclic amines) is 1. The minimum absolute atomic E-state index is 0.0781. The fourth-order valence-electron chi connectivity index (χ4n) is 4.87. The van der Waals surface area contributed by atoms with Gasteiger partial charge in [-0.05, 0) is 59.5 Å². The highest BCUT2D eigenvalue weighted by molar-refractivity contribution is 9.10. The van der Waals surface area contributed by atoms with E-state index in [4.69, 9.17) is 5.11 Å². The Kier molecular flexibility index (Phi) is 9.03. The summed E-state index contributed by atoms with van der Waals surface area (Å²) in [5.74, 6) is -1.42. The molecule has 9 nitrogen and oxygen atoms in total. The van der Waals surface area contributed by atoms with Gasteiger partial charge in [0.15, 0.2) is 6.29 Å². The zero-order chi connectivity index (χ0) is 30.5. The van der Waals surface area contributed by atoms with Crippen LogP contribution >= 0.6 is 15.9 Å². The van der Waals surface area contributed by atoms with Crippen LogP contribution in [-0.4, -0.2) is 50.1 Å². The average molecular weight is 645 g/mol. The number of carboxylic acid groups (broad SMARTS) is 1. The molecule has 11 heteroatoms. The number of halogens is 2. The van der Waals surface area contributed by atoms with Crippen molar-refractivity contribution < 1.29 is 24.0 Å².